The topological polar surface area (TPSA) is 27.7 Å². The minimum atomic E-state index is -7.11. The zero-order valence-corrected chi connectivity index (χ0v) is 10.4. The maximum atomic E-state index is 13.6. The van der Waals surface area contributed by atoms with Crippen molar-refractivity contribution in [3.8, 4) is 0 Å². The summed E-state index contributed by atoms with van der Waals surface area (Å²) >= 11 is 0. The maximum Gasteiger partial charge on any atom is 0.527 e. The van der Waals surface area contributed by atoms with Gasteiger partial charge in [-0.1, -0.05) is 0 Å². The van der Waals surface area contributed by atoms with Crippen molar-refractivity contribution in [3.05, 3.63) is 12.6 Å². The van der Waals surface area contributed by atoms with Gasteiger partial charge < -0.3 is 4.74 Å². The van der Waals surface area contributed by atoms with E-state index in [1.54, 1.807) is 4.74 Å². The molecule has 0 spiro atoms. The number of ether oxygens (including phenoxy) is 3. The Labute approximate surface area is 122 Å². The molecule has 0 N–H and O–H groups in total. The molecule has 0 saturated heterocycles. The van der Waals surface area contributed by atoms with Gasteiger partial charge in [0.25, 0.3) is 6.01 Å². The van der Waals surface area contributed by atoms with Crippen molar-refractivity contribution >= 4 is 0 Å². The van der Waals surface area contributed by atoms with Crippen LogP contribution in [0.1, 0.15) is 0 Å². The molecule has 0 saturated carbocycles. The summed E-state index contributed by atoms with van der Waals surface area (Å²) in [6.45, 7) is 1.81. The second kappa shape index (κ2) is 6.45. The van der Waals surface area contributed by atoms with Crippen molar-refractivity contribution in [2.45, 2.75) is 37.0 Å². The highest BCUT2D eigenvalue weighted by Crippen LogP contribution is 2.52. The van der Waals surface area contributed by atoms with Crippen molar-refractivity contribution < 1.29 is 71.3 Å². The molecular formula is C8H3F13O3. The second-order valence-corrected chi connectivity index (χ2v) is 3.60. The summed E-state index contributed by atoms with van der Waals surface area (Å²) in [6, 6.07) is -2.87. The normalized spacial score (nSPS) is 16.9. The fraction of sp³-hybridized carbons (Fsp3) is 0.750. The first-order valence-electron chi connectivity index (χ1n) is 4.88. The lowest BCUT2D eigenvalue weighted by molar-refractivity contribution is -0.553. The average Bonchev–Trinajstić information content (AvgIpc) is 2.21. The fourth-order valence-corrected chi connectivity index (χ4v) is 0.936. The van der Waals surface area contributed by atoms with E-state index in [1.165, 1.54) is 0 Å². The average molecular weight is 394 g/mol. The highest BCUT2D eigenvalue weighted by atomic mass is 19.4. The van der Waals surface area contributed by atoms with E-state index in [0.29, 0.717) is 0 Å². The summed E-state index contributed by atoms with van der Waals surface area (Å²) in [7, 11) is 0. The molecule has 0 radical (unpaired) electrons. The quantitative estimate of drug-likeness (QED) is 0.441. The molecule has 0 heterocycles. The van der Waals surface area contributed by atoms with Crippen molar-refractivity contribution in [1.82, 2.24) is 0 Å². The van der Waals surface area contributed by atoms with Gasteiger partial charge >= 0.3 is 37.0 Å². The lowest BCUT2D eigenvalue weighted by Gasteiger charge is -2.38. The van der Waals surface area contributed by atoms with Gasteiger partial charge in [-0.2, -0.15) is 35.1 Å². The van der Waals surface area contributed by atoms with Crippen LogP contribution in [0.25, 0.3) is 0 Å². The third kappa shape index (κ3) is 5.02. The predicted molar refractivity (Wildman–Crippen MR) is 44.2 cm³/mol. The van der Waals surface area contributed by atoms with Crippen LogP contribution in [-0.4, -0.2) is 37.0 Å². The second-order valence-electron chi connectivity index (χ2n) is 3.60. The van der Waals surface area contributed by atoms with E-state index >= 15 is 0 Å². The molecule has 0 aliphatic rings. The molecule has 0 aliphatic heterocycles. The van der Waals surface area contributed by atoms with Gasteiger partial charge in [-0.05, 0) is 6.58 Å². The van der Waals surface area contributed by atoms with Gasteiger partial charge in [0.2, 0.25) is 0 Å². The molecule has 0 aromatic rings. The molecule has 3 nitrogen and oxygen atoms in total. The minimum Gasteiger partial charge on any atom is -0.402 e. The maximum absolute atomic E-state index is 13.6. The number of alkyl halides is 12. The molecule has 16 heteroatoms. The largest absolute Gasteiger partial charge is 0.527 e. The standard InChI is InChI=1S/C8H3F13O3/c1-2(9)22-6(15,16)5(14,23-4(12,13)3(10)11)7(17,18)24-8(19,20)21/h3H,1H2. The summed E-state index contributed by atoms with van der Waals surface area (Å²) in [5.74, 6) is -7.06. The minimum absolute atomic E-state index is 1.56. The van der Waals surface area contributed by atoms with E-state index < -0.39 is 43.0 Å². The van der Waals surface area contributed by atoms with Crippen LogP contribution in [0.2, 0.25) is 0 Å². The van der Waals surface area contributed by atoms with Gasteiger partial charge in [-0.3, -0.25) is 4.74 Å². The lowest BCUT2D eigenvalue weighted by atomic mass is 10.2. The first-order valence-corrected chi connectivity index (χ1v) is 4.88. The van der Waals surface area contributed by atoms with E-state index in [4.69, 9.17) is 0 Å². The van der Waals surface area contributed by atoms with Crippen LogP contribution in [0.3, 0.4) is 0 Å². The molecule has 1 atom stereocenters. The van der Waals surface area contributed by atoms with Crippen molar-refractivity contribution in [2.24, 2.45) is 0 Å². The molecule has 0 aromatic carbocycles. The molecular weight excluding hydrogens is 391 g/mol. The van der Waals surface area contributed by atoms with Gasteiger partial charge in [-0.25, -0.2) is 13.5 Å². The summed E-state index contributed by atoms with van der Waals surface area (Å²) in [4.78, 5) is 0. The smallest absolute Gasteiger partial charge is 0.402 e. The van der Waals surface area contributed by atoms with E-state index in [1.807, 2.05) is 11.3 Å². The number of halogens is 13. The Kier molecular flexibility index (Phi) is 6.06. The summed E-state index contributed by atoms with van der Waals surface area (Å²) in [5, 5.41) is 0. The van der Waals surface area contributed by atoms with Gasteiger partial charge in [0.1, 0.15) is 0 Å². The summed E-state index contributed by atoms with van der Waals surface area (Å²) in [5.41, 5.74) is 0. The highest BCUT2D eigenvalue weighted by Gasteiger charge is 2.81. The SMILES string of the molecule is C=C(F)OC(F)(F)C(F)(OC(F)(F)C(F)F)C(F)(F)OC(F)(F)F. The van der Waals surface area contributed by atoms with Crippen LogP contribution in [-0.2, 0) is 14.2 Å². The molecule has 0 fully saturated rings. The fourth-order valence-electron chi connectivity index (χ4n) is 0.936. The van der Waals surface area contributed by atoms with Gasteiger partial charge in [0.05, 0.1) is 0 Å². The predicted octanol–water partition coefficient (Wildman–Crippen LogP) is 4.71. The zero-order valence-electron chi connectivity index (χ0n) is 10.4. The number of rotatable bonds is 8. The Morgan fingerprint density at radius 3 is 1.46 bits per heavy atom. The first kappa shape index (κ1) is 22.6. The van der Waals surface area contributed by atoms with Gasteiger partial charge in [0.15, 0.2) is 0 Å². The van der Waals surface area contributed by atoms with Crippen LogP contribution >= 0.6 is 0 Å². The molecule has 0 aromatic heterocycles. The van der Waals surface area contributed by atoms with Crippen LogP contribution in [0, 0.1) is 0 Å². The third-order valence-electron chi connectivity index (χ3n) is 1.76. The lowest BCUT2D eigenvalue weighted by Crippen LogP contribution is -2.64. The van der Waals surface area contributed by atoms with Crippen molar-refractivity contribution in [3.63, 3.8) is 0 Å². The van der Waals surface area contributed by atoms with E-state index in [9.17, 15) is 57.1 Å². The summed E-state index contributed by atoms with van der Waals surface area (Å²) < 4.78 is 167. The summed E-state index contributed by atoms with van der Waals surface area (Å²) in [6.07, 6.45) is -32.2. The van der Waals surface area contributed by atoms with Crippen molar-refractivity contribution in [1.29, 1.82) is 0 Å². The number of hydrogen-bond donors (Lipinski definition) is 0. The Hall–Kier alpha value is -1.45. The van der Waals surface area contributed by atoms with E-state index in [0.717, 1.165) is 0 Å². The van der Waals surface area contributed by atoms with Crippen molar-refractivity contribution in [2.75, 3.05) is 0 Å². The number of hydrogen-bond acceptors (Lipinski definition) is 3. The Morgan fingerprint density at radius 1 is 0.750 bits per heavy atom. The van der Waals surface area contributed by atoms with E-state index in [-0.39, 0.29) is 0 Å². The molecule has 0 rings (SSSR count). The Bertz CT molecular complexity index is 459. The zero-order chi connectivity index (χ0) is 19.8. The van der Waals surface area contributed by atoms with Crippen LogP contribution in [0.5, 0.6) is 0 Å². The molecule has 24 heavy (non-hydrogen) atoms. The van der Waals surface area contributed by atoms with Crippen LogP contribution in [0.15, 0.2) is 12.6 Å². The van der Waals surface area contributed by atoms with Gasteiger partial charge in [-0.15, -0.1) is 13.2 Å². The Balaban J connectivity index is 6.15. The van der Waals surface area contributed by atoms with E-state index in [2.05, 4.69) is 4.74 Å². The molecule has 1 unspecified atom stereocenters. The van der Waals surface area contributed by atoms with Crippen LogP contribution < -0.4 is 0 Å². The highest BCUT2D eigenvalue weighted by molar-refractivity contribution is 4.91. The molecule has 0 bridgehead atoms. The third-order valence-corrected chi connectivity index (χ3v) is 1.76. The molecule has 144 valence electrons. The Morgan fingerprint density at radius 2 is 1.17 bits per heavy atom. The van der Waals surface area contributed by atoms with Crippen LogP contribution in [0.4, 0.5) is 57.1 Å². The molecule has 0 amide bonds. The first-order chi connectivity index (χ1) is 10.3. The van der Waals surface area contributed by atoms with Gasteiger partial charge in [0, 0.05) is 0 Å². The molecule has 0 aliphatic carbocycles. The monoisotopic (exact) mass is 394 g/mol.